The van der Waals surface area contributed by atoms with E-state index in [0.717, 1.165) is 63.1 Å². The van der Waals surface area contributed by atoms with Gasteiger partial charge in [0.25, 0.3) is 0 Å². The molecular weight excluding hydrogens is 652 g/mol. The van der Waals surface area contributed by atoms with Crippen molar-refractivity contribution in [3.63, 3.8) is 0 Å². The fourth-order valence-electron chi connectivity index (χ4n) is 5.50. The van der Waals surface area contributed by atoms with Crippen molar-refractivity contribution < 1.29 is 40.7 Å². The molecule has 1 fully saturated rings. The molecule has 4 rings (SSSR count). The molecule has 0 bridgehead atoms. The second kappa shape index (κ2) is 18.0. The molecule has 14 heteroatoms. The molecular formula is C35H43F6N5O3. The van der Waals surface area contributed by atoms with Gasteiger partial charge in [-0.3, -0.25) is 14.3 Å². The highest BCUT2D eigenvalue weighted by Crippen LogP contribution is 2.30. The number of aromatic nitrogens is 2. The summed E-state index contributed by atoms with van der Waals surface area (Å²) in [6, 6.07) is 23.2. The van der Waals surface area contributed by atoms with Gasteiger partial charge in [-0.1, -0.05) is 74.5 Å². The van der Waals surface area contributed by atoms with Crippen molar-refractivity contribution in [2.24, 2.45) is 5.92 Å². The summed E-state index contributed by atoms with van der Waals surface area (Å²) in [5.74, 6) is -5.83. The molecule has 8 nitrogen and oxygen atoms in total. The number of alkyl halides is 6. The first-order valence-electron chi connectivity index (χ1n) is 16.2. The molecule has 1 aromatic heterocycles. The first-order chi connectivity index (χ1) is 23.1. The normalized spacial score (nSPS) is 14.9. The molecule has 2 N–H and O–H groups in total. The maximum atomic E-state index is 12.5. The monoisotopic (exact) mass is 695 g/mol. The van der Waals surface area contributed by atoms with E-state index in [-0.39, 0.29) is 12.1 Å². The molecule has 1 aliphatic heterocycles. The Kier molecular flexibility index (Phi) is 14.4. The summed E-state index contributed by atoms with van der Waals surface area (Å²) in [5, 5.41) is 11.1. The molecule has 268 valence electrons. The van der Waals surface area contributed by atoms with Crippen LogP contribution in [0.5, 0.6) is 0 Å². The number of nitrogens with zero attached hydrogens (tertiary/aromatic N) is 3. The Hall–Kier alpha value is -4.20. The predicted molar refractivity (Wildman–Crippen MR) is 173 cm³/mol. The number of likely N-dealkylation sites (tertiary alicyclic amines) is 1. The quantitative estimate of drug-likeness (QED) is 0.157. The van der Waals surface area contributed by atoms with Crippen LogP contribution in [-0.2, 0) is 22.6 Å². The molecule has 0 saturated carbocycles. The third-order valence-electron chi connectivity index (χ3n) is 8.03. The summed E-state index contributed by atoms with van der Waals surface area (Å²) in [4.78, 5) is 34.3. The molecule has 0 radical (unpaired) electrons. The van der Waals surface area contributed by atoms with Crippen molar-refractivity contribution in [1.29, 1.82) is 0 Å². The highest BCUT2D eigenvalue weighted by atomic mass is 19.4. The summed E-state index contributed by atoms with van der Waals surface area (Å²) in [6.45, 7) is 11.1. The number of Topliss-reactive ketones (excluding diaryl/α,β-unsaturated/α-hetero) is 2. The van der Waals surface area contributed by atoms with Gasteiger partial charge in [-0.2, -0.15) is 31.4 Å². The van der Waals surface area contributed by atoms with Gasteiger partial charge in [0.1, 0.15) is 0 Å². The number of carbonyl (C=O) groups excluding carboxylic acids is 3. The summed E-state index contributed by atoms with van der Waals surface area (Å²) in [5.41, 5.74) is 5.02. The molecule has 1 saturated heterocycles. The van der Waals surface area contributed by atoms with E-state index in [2.05, 4.69) is 89.5 Å². The first kappa shape index (κ1) is 39.2. The van der Waals surface area contributed by atoms with Crippen LogP contribution in [0.15, 0.2) is 66.7 Å². The third kappa shape index (κ3) is 12.6. The number of carbonyl (C=O) groups is 3. The minimum atomic E-state index is -5.77. The Balaban J connectivity index is 0.000000463. The second-order valence-corrected chi connectivity index (χ2v) is 12.3. The zero-order valence-corrected chi connectivity index (χ0v) is 27.8. The number of urea groups is 1. The molecule has 3 aromatic rings. The number of ketones is 2. The van der Waals surface area contributed by atoms with Gasteiger partial charge in [0.2, 0.25) is 0 Å². The lowest BCUT2D eigenvalue weighted by atomic mass is 9.92. The van der Waals surface area contributed by atoms with Crippen LogP contribution in [0.4, 0.5) is 31.1 Å². The van der Waals surface area contributed by atoms with Crippen molar-refractivity contribution in [2.75, 3.05) is 26.2 Å². The standard InChI is InChI=1S/C31H43N5O.C4F6O2/c1-4-36-30(22-28(34-36)21-25-11-7-5-8-12-25)27-15-18-35(19-16-27)20-17-29(26-13-9-6-10-14-26)33-31(37)32-23-24(2)3;5-3(6,7)1(11)2(12)4(8,9)10/h5-14,22,24,27,29H,4,15-21,23H2,1-3H3,(H2,32,33,37);/t29-;/m0./s1. The first-order valence-corrected chi connectivity index (χ1v) is 16.2. The molecule has 0 unspecified atom stereocenters. The average molecular weight is 696 g/mol. The Morgan fingerprint density at radius 2 is 1.43 bits per heavy atom. The number of piperidine rings is 1. The van der Waals surface area contributed by atoms with Gasteiger partial charge in [0, 0.05) is 37.7 Å². The molecule has 2 aromatic carbocycles. The van der Waals surface area contributed by atoms with Crippen molar-refractivity contribution >= 4 is 17.6 Å². The lowest BCUT2D eigenvalue weighted by Crippen LogP contribution is -2.41. The highest BCUT2D eigenvalue weighted by molar-refractivity contribution is 6.41. The maximum absolute atomic E-state index is 12.5. The summed E-state index contributed by atoms with van der Waals surface area (Å²) in [7, 11) is 0. The number of benzene rings is 2. The van der Waals surface area contributed by atoms with Gasteiger partial charge in [0.15, 0.2) is 0 Å². The van der Waals surface area contributed by atoms with E-state index in [9.17, 15) is 40.7 Å². The second-order valence-electron chi connectivity index (χ2n) is 12.3. The van der Waals surface area contributed by atoms with E-state index < -0.39 is 23.9 Å². The van der Waals surface area contributed by atoms with E-state index in [4.69, 9.17) is 5.10 Å². The predicted octanol–water partition coefficient (Wildman–Crippen LogP) is 7.01. The summed E-state index contributed by atoms with van der Waals surface area (Å²) < 4.78 is 69.2. The zero-order valence-electron chi connectivity index (χ0n) is 27.8. The van der Waals surface area contributed by atoms with Crippen LogP contribution in [0.3, 0.4) is 0 Å². The van der Waals surface area contributed by atoms with E-state index in [0.29, 0.717) is 18.4 Å². The molecule has 0 aliphatic carbocycles. The molecule has 0 spiro atoms. The minimum absolute atomic E-state index is 0.00755. The lowest BCUT2D eigenvalue weighted by Gasteiger charge is -2.33. The fourth-order valence-corrected chi connectivity index (χ4v) is 5.50. The van der Waals surface area contributed by atoms with Crippen molar-refractivity contribution in [3.05, 3.63) is 89.2 Å². The number of amides is 2. The maximum Gasteiger partial charge on any atom is 0.458 e. The van der Waals surface area contributed by atoms with Gasteiger partial charge in [-0.25, -0.2) is 4.79 Å². The number of halogens is 6. The molecule has 1 aliphatic rings. The van der Waals surface area contributed by atoms with Crippen LogP contribution >= 0.6 is 0 Å². The van der Waals surface area contributed by atoms with E-state index in [1.165, 1.54) is 11.3 Å². The van der Waals surface area contributed by atoms with E-state index >= 15 is 0 Å². The van der Waals surface area contributed by atoms with Gasteiger partial charge < -0.3 is 15.5 Å². The number of hydrogen-bond donors (Lipinski definition) is 2. The van der Waals surface area contributed by atoms with Crippen LogP contribution in [-0.4, -0.2) is 70.8 Å². The van der Waals surface area contributed by atoms with Crippen LogP contribution in [0, 0.1) is 5.92 Å². The smallest absolute Gasteiger partial charge is 0.338 e. The van der Waals surface area contributed by atoms with Crippen molar-refractivity contribution in [1.82, 2.24) is 25.3 Å². The molecule has 2 amide bonds. The van der Waals surface area contributed by atoms with Crippen LogP contribution in [0.1, 0.15) is 74.5 Å². The molecule has 2 heterocycles. The highest BCUT2D eigenvalue weighted by Gasteiger charge is 2.54. The fraction of sp³-hybridized carbons (Fsp3) is 0.486. The van der Waals surface area contributed by atoms with Crippen LogP contribution in [0.25, 0.3) is 0 Å². The van der Waals surface area contributed by atoms with E-state index in [1.807, 2.05) is 18.2 Å². The van der Waals surface area contributed by atoms with Gasteiger partial charge in [-0.15, -0.1) is 0 Å². The van der Waals surface area contributed by atoms with Gasteiger partial charge in [0.05, 0.1) is 11.7 Å². The Morgan fingerprint density at radius 1 is 0.878 bits per heavy atom. The number of hydrogen-bond acceptors (Lipinski definition) is 5. The largest absolute Gasteiger partial charge is 0.458 e. The Bertz CT molecular complexity index is 1460. The Labute approximate surface area is 282 Å². The van der Waals surface area contributed by atoms with Crippen LogP contribution < -0.4 is 10.6 Å². The Morgan fingerprint density at radius 3 is 1.94 bits per heavy atom. The van der Waals surface area contributed by atoms with Gasteiger partial charge in [-0.05, 0) is 62.4 Å². The molecule has 49 heavy (non-hydrogen) atoms. The minimum Gasteiger partial charge on any atom is -0.338 e. The third-order valence-corrected chi connectivity index (χ3v) is 8.03. The number of rotatable bonds is 12. The average Bonchev–Trinajstić information content (AvgIpc) is 3.48. The number of aryl methyl sites for hydroxylation is 1. The summed E-state index contributed by atoms with van der Waals surface area (Å²) >= 11 is 0. The zero-order chi connectivity index (χ0) is 36.2. The topological polar surface area (TPSA) is 96.3 Å². The van der Waals surface area contributed by atoms with Crippen molar-refractivity contribution in [2.45, 2.75) is 77.3 Å². The van der Waals surface area contributed by atoms with Crippen molar-refractivity contribution in [3.8, 4) is 0 Å². The van der Waals surface area contributed by atoms with Gasteiger partial charge >= 0.3 is 30.0 Å². The lowest BCUT2D eigenvalue weighted by molar-refractivity contribution is -0.193. The van der Waals surface area contributed by atoms with E-state index in [1.54, 1.807) is 0 Å². The number of nitrogens with one attached hydrogen (secondary N) is 2. The van der Waals surface area contributed by atoms with Crippen LogP contribution in [0.2, 0.25) is 0 Å². The molecule has 1 atom stereocenters. The summed E-state index contributed by atoms with van der Waals surface area (Å²) in [6.07, 6.45) is -7.46. The SMILES string of the molecule is CCn1nc(Cc2ccccc2)cc1C1CCN(CC[C@H](NC(=O)NCC(C)C)c2ccccc2)CC1.O=C(C(=O)C(F)(F)F)C(F)(F)F.